The Hall–Kier alpha value is -1.70. The first-order valence-corrected chi connectivity index (χ1v) is 7.88. The van der Waals surface area contributed by atoms with E-state index in [1.807, 2.05) is 6.07 Å². The number of rotatable bonds is 4. The van der Waals surface area contributed by atoms with Crippen molar-refractivity contribution in [1.82, 2.24) is 20.2 Å². The van der Waals surface area contributed by atoms with Crippen LogP contribution in [-0.4, -0.2) is 18.6 Å². The summed E-state index contributed by atoms with van der Waals surface area (Å²) in [6, 6.07) is 4.92. The van der Waals surface area contributed by atoms with Crippen LogP contribution >= 0.6 is 0 Å². The molecule has 0 saturated heterocycles. The minimum absolute atomic E-state index is 0.301. The van der Waals surface area contributed by atoms with Gasteiger partial charge in [-0.2, -0.15) is 5.10 Å². The van der Waals surface area contributed by atoms with Crippen LogP contribution in [0.5, 0.6) is 0 Å². The molecule has 3 rings (SSSR count). The summed E-state index contributed by atoms with van der Waals surface area (Å²) in [5, 5.41) is 9.70. The van der Waals surface area contributed by atoms with Crippen molar-refractivity contribution in [2.45, 2.75) is 31.0 Å². The Morgan fingerprint density at radius 2 is 2.10 bits per heavy atom. The van der Waals surface area contributed by atoms with Crippen LogP contribution in [0.15, 0.2) is 35.5 Å². The van der Waals surface area contributed by atoms with Crippen LogP contribution in [0.4, 0.5) is 0 Å². The predicted octanol–water partition coefficient (Wildman–Crippen LogP) is 1.05. The van der Waals surface area contributed by atoms with Crippen molar-refractivity contribution in [3.05, 3.63) is 47.3 Å². The second-order valence-corrected chi connectivity index (χ2v) is 6.62. The summed E-state index contributed by atoms with van der Waals surface area (Å²) in [4.78, 5) is 0.301. The van der Waals surface area contributed by atoms with Gasteiger partial charge in [-0.25, -0.2) is 13.1 Å². The number of hydrogen-bond donors (Lipinski definition) is 3. The molecule has 1 aliphatic heterocycles. The SMILES string of the molecule is CC(NS(=O)(=O)c1ccc2c(c1)CNC2)c1cn[nH]c1. The van der Waals surface area contributed by atoms with Crippen molar-refractivity contribution >= 4 is 10.0 Å². The highest BCUT2D eigenvalue weighted by atomic mass is 32.2. The minimum atomic E-state index is -3.53. The molecule has 6 nitrogen and oxygen atoms in total. The quantitative estimate of drug-likeness (QED) is 0.786. The lowest BCUT2D eigenvalue weighted by atomic mass is 10.1. The number of nitrogens with one attached hydrogen (secondary N) is 3. The predicted molar refractivity (Wildman–Crippen MR) is 74.3 cm³/mol. The second-order valence-electron chi connectivity index (χ2n) is 4.91. The number of sulfonamides is 1. The van der Waals surface area contributed by atoms with Gasteiger partial charge >= 0.3 is 0 Å². The third-order valence-corrected chi connectivity index (χ3v) is 5.01. The first-order valence-electron chi connectivity index (χ1n) is 6.40. The van der Waals surface area contributed by atoms with E-state index in [0.717, 1.165) is 29.8 Å². The number of aromatic amines is 1. The summed E-state index contributed by atoms with van der Waals surface area (Å²) in [6.07, 6.45) is 3.29. The fourth-order valence-corrected chi connectivity index (χ4v) is 3.59. The maximum Gasteiger partial charge on any atom is 0.241 e. The van der Waals surface area contributed by atoms with Gasteiger partial charge in [0.2, 0.25) is 10.0 Å². The molecule has 7 heteroatoms. The van der Waals surface area contributed by atoms with Crippen LogP contribution in [0.3, 0.4) is 0 Å². The average molecular weight is 292 g/mol. The summed E-state index contributed by atoms with van der Waals surface area (Å²) < 4.78 is 27.4. The van der Waals surface area contributed by atoms with Gasteiger partial charge in [0, 0.05) is 30.9 Å². The Kier molecular flexibility index (Phi) is 3.33. The average Bonchev–Trinajstić information content (AvgIpc) is 3.08. The Labute approximate surface area is 117 Å². The Balaban J connectivity index is 1.85. The van der Waals surface area contributed by atoms with E-state index in [-0.39, 0.29) is 6.04 Å². The van der Waals surface area contributed by atoms with Gasteiger partial charge in [-0.15, -0.1) is 0 Å². The van der Waals surface area contributed by atoms with E-state index in [4.69, 9.17) is 0 Å². The van der Waals surface area contributed by atoms with E-state index in [2.05, 4.69) is 20.2 Å². The fourth-order valence-electron chi connectivity index (χ4n) is 2.30. The molecule has 0 bridgehead atoms. The molecule has 20 heavy (non-hydrogen) atoms. The molecule has 0 fully saturated rings. The molecule has 1 aliphatic rings. The molecule has 1 aromatic carbocycles. The Morgan fingerprint density at radius 3 is 2.85 bits per heavy atom. The van der Waals surface area contributed by atoms with Gasteiger partial charge in [-0.3, -0.25) is 5.10 Å². The largest absolute Gasteiger partial charge is 0.309 e. The van der Waals surface area contributed by atoms with Crippen molar-refractivity contribution < 1.29 is 8.42 Å². The summed E-state index contributed by atoms with van der Waals surface area (Å²) in [5.41, 5.74) is 3.01. The van der Waals surface area contributed by atoms with E-state index < -0.39 is 10.0 Å². The van der Waals surface area contributed by atoms with Gasteiger partial charge in [-0.1, -0.05) is 6.07 Å². The van der Waals surface area contributed by atoms with Crippen molar-refractivity contribution in [2.24, 2.45) is 0 Å². The normalized spacial score (nSPS) is 16.1. The molecule has 0 aliphatic carbocycles. The smallest absolute Gasteiger partial charge is 0.241 e. The molecular weight excluding hydrogens is 276 g/mol. The molecule has 2 heterocycles. The number of nitrogens with zero attached hydrogens (tertiary/aromatic N) is 1. The molecule has 0 amide bonds. The van der Waals surface area contributed by atoms with Crippen LogP contribution in [0, 0.1) is 0 Å². The lowest BCUT2D eigenvalue weighted by Gasteiger charge is -2.13. The molecular formula is C13H16N4O2S. The molecule has 106 valence electrons. The summed E-state index contributed by atoms with van der Waals surface area (Å²) in [5.74, 6) is 0. The molecule has 0 radical (unpaired) electrons. The number of aromatic nitrogens is 2. The minimum Gasteiger partial charge on any atom is -0.309 e. The monoisotopic (exact) mass is 292 g/mol. The highest BCUT2D eigenvalue weighted by Crippen LogP contribution is 2.21. The van der Waals surface area contributed by atoms with Gasteiger partial charge in [0.25, 0.3) is 0 Å². The number of H-pyrrole nitrogens is 1. The second kappa shape index (κ2) is 5.01. The maximum atomic E-state index is 12.4. The van der Waals surface area contributed by atoms with E-state index in [1.54, 1.807) is 31.5 Å². The van der Waals surface area contributed by atoms with E-state index in [9.17, 15) is 8.42 Å². The van der Waals surface area contributed by atoms with Crippen molar-refractivity contribution in [2.75, 3.05) is 0 Å². The molecule has 1 aromatic heterocycles. The van der Waals surface area contributed by atoms with Crippen molar-refractivity contribution in [1.29, 1.82) is 0 Å². The molecule has 2 aromatic rings. The van der Waals surface area contributed by atoms with Crippen LogP contribution in [0.1, 0.15) is 29.7 Å². The summed E-state index contributed by atoms with van der Waals surface area (Å²) >= 11 is 0. The molecule has 1 unspecified atom stereocenters. The number of fused-ring (bicyclic) bond motifs is 1. The zero-order valence-electron chi connectivity index (χ0n) is 11.1. The summed E-state index contributed by atoms with van der Waals surface area (Å²) in [7, 11) is -3.53. The zero-order chi connectivity index (χ0) is 14.2. The van der Waals surface area contributed by atoms with Gasteiger partial charge in [0.15, 0.2) is 0 Å². The van der Waals surface area contributed by atoms with Gasteiger partial charge in [-0.05, 0) is 30.2 Å². The topological polar surface area (TPSA) is 86.9 Å². The number of benzene rings is 1. The third kappa shape index (κ3) is 2.47. The van der Waals surface area contributed by atoms with Crippen molar-refractivity contribution in [3.63, 3.8) is 0 Å². The van der Waals surface area contributed by atoms with Gasteiger partial charge < -0.3 is 5.32 Å². The van der Waals surface area contributed by atoms with Crippen LogP contribution in [0.25, 0.3) is 0 Å². The van der Waals surface area contributed by atoms with Crippen LogP contribution < -0.4 is 10.0 Å². The lowest BCUT2D eigenvalue weighted by Crippen LogP contribution is -2.26. The van der Waals surface area contributed by atoms with Crippen LogP contribution in [0.2, 0.25) is 0 Å². The first-order chi connectivity index (χ1) is 9.56. The third-order valence-electron chi connectivity index (χ3n) is 3.47. The van der Waals surface area contributed by atoms with Crippen molar-refractivity contribution in [3.8, 4) is 0 Å². The highest BCUT2D eigenvalue weighted by Gasteiger charge is 2.21. The van der Waals surface area contributed by atoms with E-state index in [0.29, 0.717) is 4.90 Å². The van der Waals surface area contributed by atoms with Gasteiger partial charge in [0.1, 0.15) is 0 Å². The fraction of sp³-hybridized carbons (Fsp3) is 0.308. The first kappa shape index (κ1) is 13.3. The molecule has 3 N–H and O–H groups in total. The summed E-state index contributed by atoms with van der Waals surface area (Å²) in [6.45, 7) is 3.31. The maximum absolute atomic E-state index is 12.4. The Morgan fingerprint density at radius 1 is 1.30 bits per heavy atom. The zero-order valence-corrected chi connectivity index (χ0v) is 11.9. The van der Waals surface area contributed by atoms with E-state index in [1.165, 1.54) is 0 Å². The standard InChI is InChI=1S/C13H16N4O2S/c1-9(12-7-15-16-8-12)17-20(18,19)13-3-2-10-5-14-6-11(10)4-13/h2-4,7-9,14,17H,5-6H2,1H3,(H,15,16). The molecule has 1 atom stereocenters. The Bertz CT molecular complexity index is 710. The van der Waals surface area contributed by atoms with E-state index >= 15 is 0 Å². The van der Waals surface area contributed by atoms with Crippen LogP contribution in [-0.2, 0) is 23.1 Å². The highest BCUT2D eigenvalue weighted by molar-refractivity contribution is 7.89. The number of hydrogen-bond acceptors (Lipinski definition) is 4. The molecule has 0 saturated carbocycles. The lowest BCUT2D eigenvalue weighted by molar-refractivity contribution is 0.567. The van der Waals surface area contributed by atoms with Gasteiger partial charge in [0.05, 0.1) is 11.1 Å². The molecule has 0 spiro atoms.